The predicted octanol–water partition coefficient (Wildman–Crippen LogP) is 8.99. The molecular formula is C33H23NO. The molecule has 2 aromatic heterocycles. The Kier molecular flexibility index (Phi) is 3.50. The third kappa shape index (κ3) is 2.29. The van der Waals surface area contributed by atoms with Crippen LogP contribution < -0.4 is 0 Å². The Bertz CT molecular complexity index is 1970. The summed E-state index contributed by atoms with van der Waals surface area (Å²) in [6, 6.07) is 37.1. The highest BCUT2D eigenvalue weighted by atomic mass is 16.3. The average molecular weight is 450 g/mol. The fraction of sp³-hybridized carbons (Fsp3) is 0.0909. The highest BCUT2D eigenvalue weighted by Gasteiger charge is 2.40. The van der Waals surface area contributed by atoms with E-state index in [-0.39, 0.29) is 5.41 Å². The highest BCUT2D eigenvalue weighted by molar-refractivity contribution is 6.23. The van der Waals surface area contributed by atoms with Gasteiger partial charge in [-0.2, -0.15) is 0 Å². The molecule has 2 nitrogen and oxygen atoms in total. The zero-order valence-electron chi connectivity index (χ0n) is 19.7. The van der Waals surface area contributed by atoms with Crippen molar-refractivity contribution in [3.8, 4) is 17.0 Å². The van der Waals surface area contributed by atoms with E-state index < -0.39 is 0 Å². The molecule has 8 rings (SSSR count). The molecule has 0 N–H and O–H groups in total. The molecule has 2 heteroatoms. The predicted molar refractivity (Wildman–Crippen MR) is 146 cm³/mol. The Labute approximate surface area is 203 Å². The molecule has 1 aliphatic rings. The molecule has 166 valence electrons. The number of benzene rings is 5. The first kappa shape index (κ1) is 19.1. The van der Waals surface area contributed by atoms with E-state index in [1.807, 2.05) is 0 Å². The third-order valence-electron chi connectivity index (χ3n) is 7.95. The van der Waals surface area contributed by atoms with Gasteiger partial charge in [-0.15, -0.1) is 0 Å². The van der Waals surface area contributed by atoms with Crippen molar-refractivity contribution in [1.29, 1.82) is 0 Å². The molecule has 5 aromatic carbocycles. The van der Waals surface area contributed by atoms with Gasteiger partial charge in [-0.1, -0.05) is 105 Å². The Morgan fingerprint density at radius 2 is 1.29 bits per heavy atom. The molecule has 0 unspecified atom stereocenters. The van der Waals surface area contributed by atoms with Gasteiger partial charge >= 0.3 is 0 Å². The van der Waals surface area contributed by atoms with E-state index >= 15 is 0 Å². The largest absolute Gasteiger partial charge is 0.453 e. The summed E-state index contributed by atoms with van der Waals surface area (Å²) in [5.41, 5.74) is 8.23. The van der Waals surface area contributed by atoms with Gasteiger partial charge in [0.2, 0.25) is 0 Å². The van der Waals surface area contributed by atoms with Crippen molar-refractivity contribution in [3.63, 3.8) is 0 Å². The molecule has 7 aromatic rings. The second-order valence-corrected chi connectivity index (χ2v) is 10.2. The smallest absolute Gasteiger partial charge is 0.159 e. The second-order valence-electron chi connectivity index (χ2n) is 10.2. The van der Waals surface area contributed by atoms with Crippen molar-refractivity contribution in [3.05, 3.63) is 114 Å². The summed E-state index contributed by atoms with van der Waals surface area (Å²) < 4.78 is 9.28. The topological polar surface area (TPSA) is 18.1 Å². The van der Waals surface area contributed by atoms with Crippen molar-refractivity contribution in [2.24, 2.45) is 0 Å². The maximum absolute atomic E-state index is 6.87. The van der Waals surface area contributed by atoms with Crippen LogP contribution >= 0.6 is 0 Å². The first-order valence-corrected chi connectivity index (χ1v) is 12.2. The van der Waals surface area contributed by atoms with Gasteiger partial charge in [0, 0.05) is 43.8 Å². The molecule has 0 saturated heterocycles. The van der Waals surface area contributed by atoms with Gasteiger partial charge in [-0.25, -0.2) is 0 Å². The van der Waals surface area contributed by atoms with E-state index in [4.69, 9.17) is 4.42 Å². The van der Waals surface area contributed by atoms with Crippen LogP contribution in [-0.2, 0) is 5.41 Å². The fourth-order valence-electron chi connectivity index (χ4n) is 6.42. The van der Waals surface area contributed by atoms with Crippen LogP contribution in [0.1, 0.15) is 25.0 Å². The molecule has 0 aliphatic heterocycles. The summed E-state index contributed by atoms with van der Waals surface area (Å²) in [6.07, 6.45) is 0. The average Bonchev–Trinajstić information content (AvgIpc) is 3.52. The summed E-state index contributed by atoms with van der Waals surface area (Å²) in [7, 11) is 0. The van der Waals surface area contributed by atoms with Gasteiger partial charge < -0.3 is 8.98 Å². The minimum atomic E-state index is -0.110. The molecule has 0 atom stereocenters. The lowest BCUT2D eigenvalue weighted by Gasteiger charge is -2.20. The minimum absolute atomic E-state index is 0.110. The zero-order chi connectivity index (χ0) is 23.3. The lowest BCUT2D eigenvalue weighted by Crippen LogP contribution is -2.14. The number of para-hydroxylation sites is 1. The van der Waals surface area contributed by atoms with E-state index in [9.17, 15) is 0 Å². The lowest BCUT2D eigenvalue weighted by atomic mass is 9.81. The fourth-order valence-corrected chi connectivity index (χ4v) is 6.42. The van der Waals surface area contributed by atoms with Crippen molar-refractivity contribution < 1.29 is 4.42 Å². The first-order valence-electron chi connectivity index (χ1n) is 12.2. The molecule has 0 amide bonds. The van der Waals surface area contributed by atoms with Crippen LogP contribution in [0.15, 0.2) is 108 Å². The molecule has 0 radical (unpaired) electrons. The maximum atomic E-state index is 6.87. The van der Waals surface area contributed by atoms with E-state index in [2.05, 4.69) is 122 Å². The molecule has 0 bridgehead atoms. The van der Waals surface area contributed by atoms with Crippen molar-refractivity contribution in [1.82, 2.24) is 4.57 Å². The standard InChI is InChI=1S/C33H23NO/c1-33(2)27-15-9-8-14-25(27)31-28(33)26-19-18-24-23-17-16-20-10-6-7-13-22(20)29(23)34(30(24)32(26)35-31)21-11-4-3-5-12-21/h3-19H,1-2H3. The van der Waals surface area contributed by atoms with Gasteiger partial charge in [-0.05, 0) is 23.1 Å². The van der Waals surface area contributed by atoms with Gasteiger partial charge in [0.15, 0.2) is 5.58 Å². The number of nitrogens with zero attached hydrogens (tertiary/aromatic N) is 1. The molecule has 0 fully saturated rings. The van der Waals surface area contributed by atoms with Crippen LogP contribution in [0.5, 0.6) is 0 Å². The number of fused-ring (bicyclic) bond motifs is 11. The quantitative estimate of drug-likeness (QED) is 0.244. The summed E-state index contributed by atoms with van der Waals surface area (Å²) in [6.45, 7) is 4.63. The van der Waals surface area contributed by atoms with Crippen LogP contribution in [0, 0.1) is 0 Å². The molecular weight excluding hydrogens is 426 g/mol. The van der Waals surface area contributed by atoms with Gasteiger partial charge in [-0.3, -0.25) is 0 Å². The Morgan fingerprint density at radius 1 is 0.600 bits per heavy atom. The van der Waals surface area contributed by atoms with E-state index in [0.29, 0.717) is 0 Å². The third-order valence-corrected chi connectivity index (χ3v) is 7.95. The molecule has 0 saturated carbocycles. The lowest BCUT2D eigenvalue weighted by molar-refractivity contribution is 0.621. The molecule has 2 heterocycles. The van der Waals surface area contributed by atoms with Gasteiger partial charge in [0.25, 0.3) is 0 Å². The number of rotatable bonds is 1. The summed E-state index contributed by atoms with van der Waals surface area (Å²) in [5.74, 6) is 1.02. The normalized spacial score (nSPS) is 14.2. The molecule has 1 aliphatic carbocycles. The Morgan fingerprint density at radius 3 is 2.17 bits per heavy atom. The Hall–Kier alpha value is -4.30. The number of furan rings is 1. The number of aromatic nitrogens is 1. The molecule has 0 spiro atoms. The monoisotopic (exact) mass is 449 g/mol. The van der Waals surface area contributed by atoms with Crippen LogP contribution in [-0.4, -0.2) is 4.57 Å². The number of hydrogen-bond acceptors (Lipinski definition) is 1. The van der Waals surface area contributed by atoms with Crippen molar-refractivity contribution >= 4 is 43.5 Å². The van der Waals surface area contributed by atoms with Crippen molar-refractivity contribution in [2.75, 3.05) is 0 Å². The van der Waals surface area contributed by atoms with E-state index in [0.717, 1.165) is 22.5 Å². The van der Waals surface area contributed by atoms with Crippen molar-refractivity contribution in [2.45, 2.75) is 19.3 Å². The van der Waals surface area contributed by atoms with Crippen LogP contribution in [0.3, 0.4) is 0 Å². The SMILES string of the molecule is CC1(C)c2ccccc2-c2oc3c(ccc4c5ccc6ccccc6c5n(-c5ccccc5)c43)c21. The van der Waals surface area contributed by atoms with Crippen LogP contribution in [0.4, 0.5) is 0 Å². The van der Waals surface area contributed by atoms with Crippen LogP contribution in [0.25, 0.3) is 60.6 Å². The zero-order valence-corrected chi connectivity index (χ0v) is 19.7. The second kappa shape index (κ2) is 6.43. The summed E-state index contributed by atoms with van der Waals surface area (Å²) in [4.78, 5) is 0. The van der Waals surface area contributed by atoms with E-state index in [1.54, 1.807) is 0 Å². The first-order chi connectivity index (χ1) is 17.1. The van der Waals surface area contributed by atoms with E-state index in [1.165, 1.54) is 49.1 Å². The Balaban J connectivity index is 1.62. The highest BCUT2D eigenvalue weighted by Crippen LogP contribution is 2.54. The molecule has 35 heavy (non-hydrogen) atoms. The van der Waals surface area contributed by atoms with Gasteiger partial charge in [0.1, 0.15) is 5.76 Å². The maximum Gasteiger partial charge on any atom is 0.159 e. The van der Waals surface area contributed by atoms with Gasteiger partial charge in [0.05, 0.1) is 11.0 Å². The number of hydrogen-bond donors (Lipinski definition) is 0. The summed E-state index contributed by atoms with van der Waals surface area (Å²) >= 11 is 0. The van der Waals surface area contributed by atoms with Crippen LogP contribution in [0.2, 0.25) is 0 Å². The summed E-state index contributed by atoms with van der Waals surface area (Å²) in [5, 5.41) is 6.18. The minimum Gasteiger partial charge on any atom is -0.453 e.